The Morgan fingerprint density at radius 1 is 1.35 bits per heavy atom. The highest BCUT2D eigenvalue weighted by molar-refractivity contribution is 6.08. The van der Waals surface area contributed by atoms with Crippen LogP contribution in [0.3, 0.4) is 0 Å². The van der Waals surface area contributed by atoms with Gasteiger partial charge in [-0.15, -0.1) is 0 Å². The molecule has 0 amide bonds. The van der Waals surface area contributed by atoms with Crippen LogP contribution in [0.15, 0.2) is 6.07 Å². The summed E-state index contributed by atoms with van der Waals surface area (Å²) >= 11 is 0. The lowest BCUT2D eigenvalue weighted by Gasteiger charge is -2.57. The summed E-state index contributed by atoms with van der Waals surface area (Å²) in [6.07, 6.45) is 2.17. The zero-order valence-corrected chi connectivity index (χ0v) is 13.6. The zero-order valence-electron chi connectivity index (χ0n) is 13.6. The van der Waals surface area contributed by atoms with Gasteiger partial charge in [0.25, 0.3) is 0 Å². The maximum Gasteiger partial charge on any atom is 0.313 e. The first-order valence-corrected chi connectivity index (χ1v) is 8.46. The van der Waals surface area contributed by atoms with Gasteiger partial charge in [-0.3, -0.25) is 9.59 Å². The second-order valence-electron chi connectivity index (χ2n) is 7.64. The van der Waals surface area contributed by atoms with Crippen molar-refractivity contribution in [1.29, 1.82) is 0 Å². The summed E-state index contributed by atoms with van der Waals surface area (Å²) in [5.74, 6) is 1.01. The number of hydrogen-bond donors (Lipinski definition) is 0. The Bertz CT molecular complexity index is 780. The average molecular weight is 312 g/mol. The summed E-state index contributed by atoms with van der Waals surface area (Å²) in [5.41, 5.74) is 3.58. The van der Waals surface area contributed by atoms with Crippen LogP contribution in [0.1, 0.15) is 52.7 Å². The third-order valence-corrected chi connectivity index (χ3v) is 6.97. The number of aryl methyl sites for hydroxylation is 1. The summed E-state index contributed by atoms with van der Waals surface area (Å²) < 4.78 is 11.2. The van der Waals surface area contributed by atoms with Crippen LogP contribution in [0, 0.1) is 24.2 Å². The molecule has 1 aromatic carbocycles. The molecule has 6 rings (SSSR count). The first-order chi connectivity index (χ1) is 11.0. The molecular formula is C19H20O4. The number of benzene rings is 1. The van der Waals surface area contributed by atoms with Crippen LogP contribution < -0.4 is 4.74 Å². The molecule has 1 saturated carbocycles. The van der Waals surface area contributed by atoms with Gasteiger partial charge in [0.05, 0.1) is 18.4 Å². The second-order valence-corrected chi connectivity index (χ2v) is 7.64. The van der Waals surface area contributed by atoms with Gasteiger partial charge in [0.2, 0.25) is 0 Å². The molecule has 0 radical (unpaired) electrons. The smallest absolute Gasteiger partial charge is 0.313 e. The van der Waals surface area contributed by atoms with E-state index in [0.717, 1.165) is 41.7 Å². The van der Waals surface area contributed by atoms with Gasteiger partial charge in [0.15, 0.2) is 5.78 Å². The number of ether oxygens (including phenoxy) is 2. The van der Waals surface area contributed by atoms with Crippen molar-refractivity contribution in [3.05, 3.63) is 28.3 Å². The summed E-state index contributed by atoms with van der Waals surface area (Å²) in [7, 11) is 1.65. The number of methoxy groups -OCH3 is 1. The Hall–Kier alpha value is -1.84. The van der Waals surface area contributed by atoms with Gasteiger partial charge >= 0.3 is 5.97 Å². The first-order valence-electron chi connectivity index (χ1n) is 8.46. The van der Waals surface area contributed by atoms with Crippen molar-refractivity contribution in [2.45, 2.75) is 45.1 Å². The molecular weight excluding hydrogens is 292 g/mol. The first kappa shape index (κ1) is 13.6. The minimum absolute atomic E-state index is 0.0216. The molecule has 3 aliphatic carbocycles. The lowest BCUT2D eigenvalue weighted by Crippen LogP contribution is -2.61. The highest BCUT2D eigenvalue weighted by atomic mass is 16.5. The molecule has 4 nitrogen and oxygen atoms in total. The number of fused-ring (bicyclic) bond motifs is 2. The number of Topliss-reactive ketones (excluding diaryl/α,β-unsaturated/α-hetero) is 1. The molecule has 4 heteroatoms. The highest BCUT2D eigenvalue weighted by Crippen LogP contribution is 2.67. The monoisotopic (exact) mass is 312 g/mol. The van der Waals surface area contributed by atoms with Gasteiger partial charge in [-0.25, -0.2) is 0 Å². The zero-order chi connectivity index (χ0) is 16.1. The molecule has 1 aromatic rings. The topological polar surface area (TPSA) is 52.6 Å². The summed E-state index contributed by atoms with van der Waals surface area (Å²) in [6, 6.07) is 2.08. The van der Waals surface area contributed by atoms with Gasteiger partial charge in [0.1, 0.15) is 11.9 Å². The minimum atomic E-state index is -0.492. The van der Waals surface area contributed by atoms with E-state index in [4.69, 9.17) is 9.47 Å². The molecule has 1 spiro atoms. The maximum atomic E-state index is 13.2. The Balaban J connectivity index is 1.85. The fourth-order valence-corrected chi connectivity index (χ4v) is 5.93. The van der Waals surface area contributed by atoms with Gasteiger partial charge in [-0.2, -0.15) is 0 Å². The highest BCUT2D eigenvalue weighted by Gasteiger charge is 2.69. The van der Waals surface area contributed by atoms with Crippen molar-refractivity contribution in [1.82, 2.24) is 0 Å². The van der Waals surface area contributed by atoms with Gasteiger partial charge in [-0.05, 0) is 49.3 Å². The molecule has 3 fully saturated rings. The molecule has 0 unspecified atom stereocenters. The number of rotatable bonds is 1. The Labute approximate surface area is 135 Å². The van der Waals surface area contributed by atoms with E-state index >= 15 is 0 Å². The van der Waals surface area contributed by atoms with Crippen LogP contribution in [0.2, 0.25) is 0 Å². The van der Waals surface area contributed by atoms with E-state index in [-0.39, 0.29) is 35.6 Å². The summed E-state index contributed by atoms with van der Waals surface area (Å²) in [5, 5.41) is 0. The average Bonchev–Trinajstić information content (AvgIpc) is 2.84. The Morgan fingerprint density at radius 3 is 2.83 bits per heavy atom. The lowest BCUT2D eigenvalue weighted by molar-refractivity contribution is -0.203. The Morgan fingerprint density at radius 2 is 2.13 bits per heavy atom. The third-order valence-electron chi connectivity index (χ3n) is 6.97. The molecule has 2 aliphatic heterocycles. The number of carbonyl (C=O) groups is 2. The van der Waals surface area contributed by atoms with Crippen LogP contribution >= 0.6 is 0 Å². The predicted molar refractivity (Wildman–Crippen MR) is 82.7 cm³/mol. The van der Waals surface area contributed by atoms with E-state index in [1.165, 1.54) is 5.56 Å². The standard InChI is InChI=1S/C19H20O4/c1-8-6-12-15-16-14-10(4-5-19(8,16)18(21)23-12)7-11(22-3)9(2)13(14)17(15)20/h7-8,12,15-16H,4-6H2,1-3H3/t8-,12-,15-,16-,19+/m0/s1. The van der Waals surface area contributed by atoms with E-state index < -0.39 is 5.41 Å². The number of carbonyl (C=O) groups excluding carboxylic acids is 2. The van der Waals surface area contributed by atoms with E-state index in [1.807, 2.05) is 6.92 Å². The van der Waals surface area contributed by atoms with Crippen LogP contribution in [0.5, 0.6) is 5.75 Å². The third kappa shape index (κ3) is 1.28. The minimum Gasteiger partial charge on any atom is -0.496 e. The van der Waals surface area contributed by atoms with Crippen molar-refractivity contribution in [3.8, 4) is 5.75 Å². The molecule has 5 aliphatic rings. The lowest BCUT2D eigenvalue weighted by atomic mass is 9.50. The second kappa shape index (κ2) is 3.97. The predicted octanol–water partition coefficient (Wildman–Crippen LogP) is 2.80. The molecule has 5 atom stereocenters. The fraction of sp³-hybridized carbons (Fsp3) is 0.579. The molecule has 2 heterocycles. The van der Waals surface area contributed by atoms with Crippen LogP contribution in [0.4, 0.5) is 0 Å². The van der Waals surface area contributed by atoms with Crippen LogP contribution in [-0.4, -0.2) is 25.0 Å². The molecule has 0 N–H and O–H groups in total. The van der Waals surface area contributed by atoms with Crippen molar-refractivity contribution >= 4 is 11.8 Å². The molecule has 23 heavy (non-hydrogen) atoms. The molecule has 2 saturated heterocycles. The van der Waals surface area contributed by atoms with E-state index in [0.29, 0.717) is 0 Å². The van der Waals surface area contributed by atoms with E-state index in [9.17, 15) is 9.59 Å². The van der Waals surface area contributed by atoms with Crippen LogP contribution in [0.25, 0.3) is 0 Å². The molecule has 2 bridgehead atoms. The number of ketones is 1. The maximum absolute atomic E-state index is 13.2. The van der Waals surface area contributed by atoms with Crippen molar-refractivity contribution in [2.75, 3.05) is 7.11 Å². The van der Waals surface area contributed by atoms with Crippen molar-refractivity contribution in [3.63, 3.8) is 0 Å². The van der Waals surface area contributed by atoms with Crippen molar-refractivity contribution in [2.24, 2.45) is 17.3 Å². The summed E-state index contributed by atoms with van der Waals surface area (Å²) in [6.45, 7) is 4.12. The van der Waals surface area contributed by atoms with Gasteiger partial charge < -0.3 is 9.47 Å². The molecule has 120 valence electrons. The van der Waals surface area contributed by atoms with Crippen LogP contribution in [-0.2, 0) is 16.0 Å². The van der Waals surface area contributed by atoms with E-state index in [2.05, 4.69) is 13.0 Å². The molecule has 0 aromatic heterocycles. The summed E-state index contributed by atoms with van der Waals surface area (Å²) in [4.78, 5) is 26.0. The number of hydrogen-bond acceptors (Lipinski definition) is 4. The van der Waals surface area contributed by atoms with Crippen molar-refractivity contribution < 1.29 is 19.1 Å². The SMILES string of the molecule is COc1cc2c3c(c1C)C(=O)[C@H]1[C@@H]4C[C@H](C)[C@@](CC2)(C(=O)O4)[C@@H]31. The largest absolute Gasteiger partial charge is 0.496 e. The number of esters is 1. The normalized spacial score (nSPS) is 39.3. The van der Waals surface area contributed by atoms with Gasteiger partial charge in [0, 0.05) is 17.0 Å². The fourth-order valence-electron chi connectivity index (χ4n) is 5.93. The quantitative estimate of drug-likeness (QED) is 0.748. The Kier molecular flexibility index (Phi) is 2.35. The van der Waals surface area contributed by atoms with E-state index in [1.54, 1.807) is 7.11 Å². The van der Waals surface area contributed by atoms with Gasteiger partial charge in [-0.1, -0.05) is 6.92 Å².